The number of anilines is 1. The smallest absolute Gasteiger partial charge is 0.0372 e. The standard InChI is InChI=1S/C16H26N2/c1-14-8-7-9-16(15(14)2)17-10-13-18-11-5-3-4-6-12-18/h7-9,17H,3-6,10-13H2,1-2H3. The van der Waals surface area contributed by atoms with E-state index in [1.807, 2.05) is 0 Å². The molecule has 1 aliphatic rings. The van der Waals surface area contributed by atoms with Crippen LogP contribution in [0.4, 0.5) is 5.69 Å². The van der Waals surface area contributed by atoms with Crippen LogP contribution >= 0.6 is 0 Å². The summed E-state index contributed by atoms with van der Waals surface area (Å²) < 4.78 is 0. The van der Waals surface area contributed by atoms with Crippen molar-refractivity contribution in [1.29, 1.82) is 0 Å². The predicted molar refractivity (Wildman–Crippen MR) is 79.3 cm³/mol. The average Bonchev–Trinajstić information content (AvgIpc) is 2.63. The highest BCUT2D eigenvalue weighted by Crippen LogP contribution is 2.17. The number of hydrogen-bond acceptors (Lipinski definition) is 2. The van der Waals surface area contributed by atoms with Crippen molar-refractivity contribution in [3.63, 3.8) is 0 Å². The number of aryl methyl sites for hydroxylation is 1. The molecule has 0 aliphatic carbocycles. The minimum absolute atomic E-state index is 1.06. The van der Waals surface area contributed by atoms with Gasteiger partial charge in [0.1, 0.15) is 0 Å². The monoisotopic (exact) mass is 246 g/mol. The summed E-state index contributed by atoms with van der Waals surface area (Å²) in [6.07, 6.45) is 5.59. The van der Waals surface area contributed by atoms with E-state index in [1.54, 1.807) is 0 Å². The van der Waals surface area contributed by atoms with Gasteiger partial charge in [0.05, 0.1) is 0 Å². The van der Waals surface area contributed by atoms with E-state index >= 15 is 0 Å². The summed E-state index contributed by atoms with van der Waals surface area (Å²) in [5.41, 5.74) is 4.05. The highest BCUT2D eigenvalue weighted by Gasteiger charge is 2.08. The van der Waals surface area contributed by atoms with Crippen molar-refractivity contribution < 1.29 is 0 Å². The van der Waals surface area contributed by atoms with Crippen LogP contribution < -0.4 is 5.32 Å². The summed E-state index contributed by atoms with van der Waals surface area (Å²) in [7, 11) is 0. The van der Waals surface area contributed by atoms with Crippen molar-refractivity contribution in [1.82, 2.24) is 4.90 Å². The lowest BCUT2D eigenvalue weighted by molar-refractivity contribution is 0.296. The molecule has 1 aliphatic heterocycles. The quantitative estimate of drug-likeness (QED) is 0.873. The molecule has 1 N–H and O–H groups in total. The molecule has 0 radical (unpaired) electrons. The first kappa shape index (κ1) is 13.4. The largest absolute Gasteiger partial charge is 0.384 e. The Kier molecular flexibility index (Phi) is 5.06. The van der Waals surface area contributed by atoms with E-state index in [1.165, 1.54) is 62.1 Å². The SMILES string of the molecule is Cc1cccc(NCCN2CCCCCC2)c1C. The molecule has 0 saturated carbocycles. The van der Waals surface area contributed by atoms with Crippen LogP contribution in [0.5, 0.6) is 0 Å². The van der Waals surface area contributed by atoms with Gasteiger partial charge in [-0.15, -0.1) is 0 Å². The molecule has 0 spiro atoms. The third-order valence-electron chi connectivity index (χ3n) is 4.05. The molecule has 1 heterocycles. The van der Waals surface area contributed by atoms with Crippen molar-refractivity contribution in [2.75, 3.05) is 31.5 Å². The number of likely N-dealkylation sites (tertiary alicyclic amines) is 1. The summed E-state index contributed by atoms with van der Waals surface area (Å²) in [5.74, 6) is 0. The van der Waals surface area contributed by atoms with Gasteiger partial charge in [-0.05, 0) is 57.0 Å². The molecule has 2 rings (SSSR count). The van der Waals surface area contributed by atoms with E-state index in [0.717, 1.165) is 6.54 Å². The molecule has 0 atom stereocenters. The van der Waals surface area contributed by atoms with Crippen molar-refractivity contribution in [2.24, 2.45) is 0 Å². The van der Waals surface area contributed by atoms with Crippen LogP contribution in [0.2, 0.25) is 0 Å². The third kappa shape index (κ3) is 3.74. The van der Waals surface area contributed by atoms with Gasteiger partial charge in [-0.3, -0.25) is 0 Å². The maximum atomic E-state index is 3.58. The molecule has 1 fully saturated rings. The summed E-state index contributed by atoms with van der Waals surface area (Å²) in [5, 5.41) is 3.58. The van der Waals surface area contributed by atoms with E-state index in [0.29, 0.717) is 0 Å². The van der Waals surface area contributed by atoms with Gasteiger partial charge in [0.15, 0.2) is 0 Å². The first-order valence-corrected chi connectivity index (χ1v) is 7.30. The molecule has 0 amide bonds. The summed E-state index contributed by atoms with van der Waals surface area (Å²) in [6.45, 7) is 9.18. The zero-order valence-corrected chi connectivity index (χ0v) is 11.8. The number of rotatable bonds is 4. The highest BCUT2D eigenvalue weighted by molar-refractivity contribution is 5.53. The summed E-state index contributed by atoms with van der Waals surface area (Å²) >= 11 is 0. The molecule has 2 heteroatoms. The Morgan fingerprint density at radius 2 is 1.78 bits per heavy atom. The maximum absolute atomic E-state index is 3.58. The first-order valence-electron chi connectivity index (χ1n) is 7.30. The second kappa shape index (κ2) is 6.79. The van der Waals surface area contributed by atoms with Crippen LogP contribution in [0.3, 0.4) is 0 Å². The molecule has 0 unspecified atom stereocenters. The van der Waals surface area contributed by atoms with Gasteiger partial charge in [0.2, 0.25) is 0 Å². The Hall–Kier alpha value is -1.02. The molecule has 0 aromatic heterocycles. The van der Waals surface area contributed by atoms with E-state index in [4.69, 9.17) is 0 Å². The van der Waals surface area contributed by atoms with Crippen LogP contribution in [0.25, 0.3) is 0 Å². The van der Waals surface area contributed by atoms with Gasteiger partial charge >= 0.3 is 0 Å². The van der Waals surface area contributed by atoms with Crippen molar-refractivity contribution in [2.45, 2.75) is 39.5 Å². The molecule has 18 heavy (non-hydrogen) atoms. The maximum Gasteiger partial charge on any atom is 0.0372 e. The lowest BCUT2D eigenvalue weighted by Crippen LogP contribution is -2.30. The second-order valence-corrected chi connectivity index (χ2v) is 5.43. The highest BCUT2D eigenvalue weighted by atomic mass is 15.1. The number of hydrogen-bond donors (Lipinski definition) is 1. The molecule has 100 valence electrons. The fraction of sp³-hybridized carbons (Fsp3) is 0.625. The van der Waals surface area contributed by atoms with Gasteiger partial charge in [-0.1, -0.05) is 25.0 Å². The number of nitrogens with one attached hydrogen (secondary N) is 1. The lowest BCUT2D eigenvalue weighted by atomic mass is 10.1. The van der Waals surface area contributed by atoms with Gasteiger partial charge in [-0.2, -0.15) is 0 Å². The Morgan fingerprint density at radius 3 is 2.50 bits per heavy atom. The van der Waals surface area contributed by atoms with Crippen LogP contribution in [0, 0.1) is 13.8 Å². The molecular formula is C16H26N2. The summed E-state index contributed by atoms with van der Waals surface area (Å²) in [6, 6.07) is 6.50. The Balaban J connectivity index is 1.79. The van der Waals surface area contributed by atoms with E-state index < -0.39 is 0 Å². The van der Waals surface area contributed by atoms with Gasteiger partial charge in [0.25, 0.3) is 0 Å². The zero-order chi connectivity index (χ0) is 12.8. The van der Waals surface area contributed by atoms with Crippen LogP contribution in [-0.2, 0) is 0 Å². The molecule has 1 saturated heterocycles. The van der Waals surface area contributed by atoms with E-state index in [-0.39, 0.29) is 0 Å². The number of benzene rings is 1. The van der Waals surface area contributed by atoms with Crippen LogP contribution in [0.15, 0.2) is 18.2 Å². The first-order chi connectivity index (χ1) is 8.77. The second-order valence-electron chi connectivity index (χ2n) is 5.43. The number of nitrogens with zero attached hydrogens (tertiary/aromatic N) is 1. The van der Waals surface area contributed by atoms with Crippen LogP contribution in [-0.4, -0.2) is 31.1 Å². The van der Waals surface area contributed by atoms with E-state index in [2.05, 4.69) is 42.3 Å². The minimum atomic E-state index is 1.06. The average molecular weight is 246 g/mol. The Morgan fingerprint density at radius 1 is 1.06 bits per heavy atom. The van der Waals surface area contributed by atoms with Crippen molar-refractivity contribution in [3.8, 4) is 0 Å². The van der Waals surface area contributed by atoms with Crippen LogP contribution in [0.1, 0.15) is 36.8 Å². The third-order valence-corrected chi connectivity index (χ3v) is 4.05. The van der Waals surface area contributed by atoms with Gasteiger partial charge in [-0.25, -0.2) is 0 Å². The summed E-state index contributed by atoms with van der Waals surface area (Å²) in [4.78, 5) is 2.60. The molecule has 2 nitrogen and oxygen atoms in total. The lowest BCUT2D eigenvalue weighted by Gasteiger charge is -2.20. The molecule has 0 bridgehead atoms. The van der Waals surface area contributed by atoms with Crippen molar-refractivity contribution >= 4 is 5.69 Å². The minimum Gasteiger partial charge on any atom is -0.384 e. The normalized spacial score (nSPS) is 17.4. The van der Waals surface area contributed by atoms with Gasteiger partial charge < -0.3 is 10.2 Å². The molecule has 1 aromatic carbocycles. The Labute approximate surface area is 111 Å². The zero-order valence-electron chi connectivity index (χ0n) is 11.8. The molecule has 1 aromatic rings. The predicted octanol–water partition coefficient (Wildman–Crippen LogP) is 3.59. The van der Waals surface area contributed by atoms with Crippen molar-refractivity contribution in [3.05, 3.63) is 29.3 Å². The fourth-order valence-electron chi connectivity index (χ4n) is 2.65. The topological polar surface area (TPSA) is 15.3 Å². The van der Waals surface area contributed by atoms with Gasteiger partial charge in [0, 0.05) is 18.8 Å². The fourth-order valence-corrected chi connectivity index (χ4v) is 2.65. The molecular weight excluding hydrogens is 220 g/mol. The van der Waals surface area contributed by atoms with E-state index in [9.17, 15) is 0 Å². The Bertz CT molecular complexity index is 365.